The summed E-state index contributed by atoms with van der Waals surface area (Å²) in [6, 6.07) is 3.00. The minimum atomic E-state index is -0.247. The van der Waals surface area contributed by atoms with Gasteiger partial charge in [0.2, 0.25) is 5.16 Å². The minimum absolute atomic E-state index is 0.246. The van der Waals surface area contributed by atoms with E-state index in [0.717, 1.165) is 10.5 Å². The fourth-order valence-corrected chi connectivity index (χ4v) is 2.56. The van der Waals surface area contributed by atoms with Crippen LogP contribution >= 0.6 is 11.8 Å². The van der Waals surface area contributed by atoms with Gasteiger partial charge < -0.3 is 5.73 Å². The molecule has 0 aliphatic heterocycles. The highest BCUT2D eigenvalue weighted by molar-refractivity contribution is 7.99. The Morgan fingerprint density at radius 3 is 2.72 bits per heavy atom. The second-order valence-corrected chi connectivity index (χ2v) is 5.12. The summed E-state index contributed by atoms with van der Waals surface area (Å²) in [5.74, 6) is -0.247. The van der Waals surface area contributed by atoms with Crippen LogP contribution in [-0.4, -0.2) is 20.2 Å². The van der Waals surface area contributed by atoms with Crippen molar-refractivity contribution >= 4 is 11.8 Å². The molecule has 18 heavy (non-hydrogen) atoms. The molecule has 1 heterocycles. The van der Waals surface area contributed by atoms with Crippen LogP contribution in [0.3, 0.4) is 0 Å². The van der Waals surface area contributed by atoms with E-state index in [1.807, 2.05) is 6.92 Å². The number of hydrogen-bond acceptors (Lipinski definition) is 5. The number of rotatable bonds is 3. The molecule has 96 valence electrons. The van der Waals surface area contributed by atoms with Gasteiger partial charge in [-0.15, -0.1) is 5.10 Å². The fraction of sp³-hybridized carbons (Fsp3) is 0.364. The molecule has 0 saturated heterocycles. The van der Waals surface area contributed by atoms with Crippen molar-refractivity contribution < 1.29 is 4.39 Å². The lowest BCUT2D eigenvalue weighted by molar-refractivity contribution is 0.609. The van der Waals surface area contributed by atoms with Gasteiger partial charge in [0.1, 0.15) is 5.82 Å². The average molecular weight is 267 g/mol. The van der Waals surface area contributed by atoms with Crippen molar-refractivity contribution in [3.8, 4) is 0 Å². The molecular weight excluding hydrogens is 253 g/mol. The van der Waals surface area contributed by atoms with Crippen molar-refractivity contribution in [1.29, 1.82) is 0 Å². The van der Waals surface area contributed by atoms with Crippen LogP contribution in [0.25, 0.3) is 0 Å². The van der Waals surface area contributed by atoms with Crippen LogP contribution in [0.2, 0.25) is 0 Å². The zero-order chi connectivity index (χ0) is 13.3. The third-order valence-corrected chi connectivity index (χ3v) is 3.67. The normalized spacial score (nSPS) is 12.7. The topological polar surface area (TPSA) is 69.6 Å². The summed E-state index contributed by atoms with van der Waals surface area (Å²) in [7, 11) is 1.75. The Hall–Kier alpha value is -1.47. The molecule has 2 N–H and O–H groups in total. The summed E-state index contributed by atoms with van der Waals surface area (Å²) < 4.78 is 15.1. The van der Waals surface area contributed by atoms with Gasteiger partial charge in [0.15, 0.2) is 0 Å². The molecule has 7 heteroatoms. The van der Waals surface area contributed by atoms with Crippen molar-refractivity contribution in [3.63, 3.8) is 0 Å². The first kappa shape index (κ1) is 13.0. The molecule has 0 amide bonds. The van der Waals surface area contributed by atoms with Crippen LogP contribution in [-0.2, 0) is 7.05 Å². The first-order chi connectivity index (χ1) is 8.49. The molecule has 0 aliphatic carbocycles. The van der Waals surface area contributed by atoms with E-state index < -0.39 is 0 Å². The Bertz CT molecular complexity index is 567. The summed E-state index contributed by atoms with van der Waals surface area (Å²) in [5.41, 5.74) is 7.20. The molecular formula is C11H14FN5S. The number of halogens is 1. The van der Waals surface area contributed by atoms with Crippen LogP contribution in [0.1, 0.15) is 24.1 Å². The lowest BCUT2D eigenvalue weighted by atomic mass is 10.1. The van der Waals surface area contributed by atoms with Gasteiger partial charge in [0.25, 0.3) is 0 Å². The van der Waals surface area contributed by atoms with E-state index in [2.05, 4.69) is 15.5 Å². The van der Waals surface area contributed by atoms with Gasteiger partial charge in [-0.25, -0.2) is 9.07 Å². The summed E-state index contributed by atoms with van der Waals surface area (Å²) in [6.07, 6.45) is 0. The summed E-state index contributed by atoms with van der Waals surface area (Å²) >= 11 is 1.38. The highest BCUT2D eigenvalue weighted by atomic mass is 32.2. The maximum absolute atomic E-state index is 13.6. The molecule has 1 aromatic carbocycles. The van der Waals surface area contributed by atoms with Crippen molar-refractivity contribution in [1.82, 2.24) is 20.2 Å². The third-order valence-electron chi connectivity index (χ3n) is 2.56. The van der Waals surface area contributed by atoms with Crippen molar-refractivity contribution in [3.05, 3.63) is 29.1 Å². The first-order valence-electron chi connectivity index (χ1n) is 5.45. The highest BCUT2D eigenvalue weighted by Gasteiger charge is 2.14. The van der Waals surface area contributed by atoms with Crippen molar-refractivity contribution in [2.75, 3.05) is 0 Å². The molecule has 5 nitrogen and oxygen atoms in total. The van der Waals surface area contributed by atoms with Crippen LogP contribution < -0.4 is 5.73 Å². The maximum atomic E-state index is 13.6. The number of nitrogens with two attached hydrogens (primary N) is 1. The van der Waals surface area contributed by atoms with Crippen LogP contribution in [0.5, 0.6) is 0 Å². The molecule has 1 aromatic heterocycles. The number of benzene rings is 1. The molecule has 0 radical (unpaired) electrons. The zero-order valence-corrected chi connectivity index (χ0v) is 11.2. The number of tetrazole rings is 1. The van der Waals surface area contributed by atoms with E-state index in [1.165, 1.54) is 17.8 Å². The Morgan fingerprint density at radius 2 is 2.17 bits per heavy atom. The molecule has 2 aromatic rings. The van der Waals surface area contributed by atoms with Crippen molar-refractivity contribution in [2.45, 2.75) is 29.9 Å². The molecule has 0 bridgehead atoms. The molecule has 0 unspecified atom stereocenters. The number of nitrogens with zero attached hydrogens (tertiary/aromatic N) is 4. The van der Waals surface area contributed by atoms with E-state index in [9.17, 15) is 4.39 Å². The van der Waals surface area contributed by atoms with Gasteiger partial charge in [-0.05, 0) is 59.3 Å². The summed E-state index contributed by atoms with van der Waals surface area (Å²) in [5, 5.41) is 11.9. The van der Waals surface area contributed by atoms with E-state index in [-0.39, 0.29) is 11.9 Å². The van der Waals surface area contributed by atoms with Gasteiger partial charge in [0.05, 0.1) is 0 Å². The Kier molecular flexibility index (Phi) is 3.63. The van der Waals surface area contributed by atoms with E-state index in [1.54, 1.807) is 24.7 Å². The first-order valence-corrected chi connectivity index (χ1v) is 6.26. The van der Waals surface area contributed by atoms with Crippen molar-refractivity contribution in [2.24, 2.45) is 12.8 Å². The SMILES string of the molecule is Cc1cc(Sc2nnnn2C)c([C@@H](C)N)cc1F. The molecule has 0 aliphatic rings. The standard InChI is InChI=1S/C11H14FN5S/c1-6-4-10(8(7(2)13)5-9(6)12)18-11-14-15-16-17(11)3/h4-5,7H,13H2,1-3H3/t7-/m1/s1. The monoisotopic (exact) mass is 267 g/mol. The molecule has 2 rings (SSSR count). The zero-order valence-electron chi connectivity index (χ0n) is 10.4. The molecule has 1 atom stereocenters. The number of hydrogen-bond donors (Lipinski definition) is 1. The lowest BCUT2D eigenvalue weighted by Crippen LogP contribution is -2.08. The Labute approximate surface area is 109 Å². The Balaban J connectivity index is 2.43. The molecule has 0 spiro atoms. The fourth-order valence-electron chi connectivity index (χ4n) is 1.52. The molecule has 0 saturated carbocycles. The largest absolute Gasteiger partial charge is 0.324 e. The predicted molar refractivity (Wildman–Crippen MR) is 66.7 cm³/mol. The maximum Gasteiger partial charge on any atom is 0.213 e. The van der Waals surface area contributed by atoms with Gasteiger partial charge >= 0.3 is 0 Å². The quantitative estimate of drug-likeness (QED) is 0.918. The molecule has 0 fully saturated rings. The van der Waals surface area contributed by atoms with Gasteiger partial charge in [-0.1, -0.05) is 0 Å². The summed E-state index contributed by atoms with van der Waals surface area (Å²) in [6.45, 7) is 3.54. The predicted octanol–water partition coefficient (Wildman–Crippen LogP) is 1.83. The van der Waals surface area contributed by atoms with Gasteiger partial charge in [-0.2, -0.15) is 0 Å². The van der Waals surface area contributed by atoms with E-state index in [0.29, 0.717) is 10.7 Å². The highest BCUT2D eigenvalue weighted by Crippen LogP contribution is 2.32. The average Bonchev–Trinajstić information content (AvgIpc) is 2.69. The second-order valence-electron chi connectivity index (χ2n) is 4.12. The van der Waals surface area contributed by atoms with Crippen LogP contribution in [0, 0.1) is 12.7 Å². The van der Waals surface area contributed by atoms with Crippen LogP contribution in [0.4, 0.5) is 4.39 Å². The van der Waals surface area contributed by atoms with E-state index >= 15 is 0 Å². The number of aryl methyl sites for hydroxylation is 2. The second kappa shape index (κ2) is 5.03. The lowest BCUT2D eigenvalue weighted by Gasteiger charge is -2.13. The minimum Gasteiger partial charge on any atom is -0.324 e. The summed E-state index contributed by atoms with van der Waals surface area (Å²) in [4.78, 5) is 0.877. The van der Waals surface area contributed by atoms with Gasteiger partial charge in [-0.3, -0.25) is 0 Å². The third kappa shape index (κ3) is 2.51. The van der Waals surface area contributed by atoms with Gasteiger partial charge in [0, 0.05) is 18.0 Å². The van der Waals surface area contributed by atoms with E-state index in [4.69, 9.17) is 5.73 Å². The Morgan fingerprint density at radius 1 is 1.44 bits per heavy atom. The number of aromatic nitrogens is 4. The van der Waals surface area contributed by atoms with Crippen LogP contribution in [0.15, 0.2) is 22.2 Å². The smallest absolute Gasteiger partial charge is 0.213 e.